The van der Waals surface area contributed by atoms with Gasteiger partial charge in [0.05, 0.1) is 29.6 Å². The number of thiophene rings is 1. The molecule has 1 fully saturated rings. The summed E-state index contributed by atoms with van der Waals surface area (Å²) in [4.78, 5) is 53.6. The van der Waals surface area contributed by atoms with Crippen LogP contribution in [-0.2, 0) is 18.8 Å². The van der Waals surface area contributed by atoms with Crippen LogP contribution in [0.3, 0.4) is 0 Å². The van der Waals surface area contributed by atoms with Crippen LogP contribution in [0.5, 0.6) is 0 Å². The Morgan fingerprint density at radius 1 is 0.795 bits per heavy atom. The largest absolute Gasteiger partial charge is 0.379 e. The second-order valence-corrected chi connectivity index (χ2v) is 11.5. The van der Waals surface area contributed by atoms with Crippen LogP contribution >= 0.6 is 22.9 Å². The molecule has 0 aliphatic carbocycles. The number of nitrogens with one attached hydrogen (secondary N) is 4. The number of aromatic nitrogens is 2. The number of morpholine rings is 1. The number of carbonyl (C=O) groups excluding carboxylic acids is 4. The van der Waals surface area contributed by atoms with Crippen molar-refractivity contribution in [3.05, 3.63) is 87.1 Å². The summed E-state index contributed by atoms with van der Waals surface area (Å²) in [5, 5.41) is 13.4. The number of nitrogens with zero attached hydrogens (tertiary/aromatic N) is 3. The molecule has 3 aromatic heterocycles. The molecule has 14 heteroatoms. The number of hydrogen-bond acceptors (Lipinski definition) is 7. The Morgan fingerprint density at radius 3 is 1.93 bits per heavy atom. The highest BCUT2D eigenvalue weighted by Gasteiger charge is 2.19. The highest BCUT2D eigenvalue weighted by atomic mass is 35.5. The van der Waals surface area contributed by atoms with Crippen LogP contribution in [0.4, 0.5) is 17.1 Å². The van der Waals surface area contributed by atoms with Crippen LogP contribution in [-0.4, -0.2) is 77.1 Å². The first-order chi connectivity index (χ1) is 21.2. The Balaban J connectivity index is 1.14. The third-order valence-corrected chi connectivity index (χ3v) is 8.38. The highest BCUT2D eigenvalue weighted by molar-refractivity contribution is 7.12. The van der Waals surface area contributed by atoms with Crippen molar-refractivity contribution in [2.24, 2.45) is 14.1 Å². The summed E-state index contributed by atoms with van der Waals surface area (Å²) < 4.78 is 8.53. The Labute approximate surface area is 262 Å². The molecule has 4 heterocycles. The molecule has 4 amide bonds. The first kappa shape index (κ1) is 31.0. The van der Waals surface area contributed by atoms with Crippen molar-refractivity contribution < 1.29 is 23.9 Å². The minimum Gasteiger partial charge on any atom is -0.379 e. The van der Waals surface area contributed by atoms with E-state index in [4.69, 9.17) is 16.3 Å². The van der Waals surface area contributed by atoms with E-state index in [2.05, 4.69) is 26.2 Å². The molecule has 0 atom stereocenters. The third-order valence-electron chi connectivity index (χ3n) is 7.04. The van der Waals surface area contributed by atoms with Gasteiger partial charge in [-0.15, -0.1) is 11.3 Å². The summed E-state index contributed by atoms with van der Waals surface area (Å²) in [5.74, 6) is -1.34. The maximum absolute atomic E-state index is 13.0. The molecule has 1 aliphatic heterocycles. The molecule has 4 aromatic rings. The quantitative estimate of drug-likeness (QED) is 0.208. The molecule has 1 saturated heterocycles. The Hall–Kier alpha value is -4.43. The van der Waals surface area contributed by atoms with Gasteiger partial charge < -0.3 is 35.1 Å². The van der Waals surface area contributed by atoms with Gasteiger partial charge in [-0.2, -0.15) is 0 Å². The average Bonchev–Trinajstić information content (AvgIpc) is 3.71. The number of ether oxygens (including phenoxy) is 1. The average molecular weight is 638 g/mol. The summed E-state index contributed by atoms with van der Waals surface area (Å²) in [7, 11) is 3.38. The number of carbonyl (C=O) groups is 4. The zero-order valence-corrected chi connectivity index (χ0v) is 25.8. The number of aryl methyl sites for hydroxylation is 2. The standard InChI is InChI=1S/C30H32ClN7O5S/c1-36-17-21(34-29(41)25-16-22(18-37(25)2)35-30(42)26-23(31)7-14-44-26)15-24(36)28(40)33-20-5-3-19(4-6-20)27(39)32-8-9-38-10-12-43-13-11-38/h3-7,14-18H,8-13H2,1-2H3,(H,32,39)(H,33,40)(H,34,41)(H,35,42). The summed E-state index contributed by atoms with van der Waals surface area (Å²) in [6.45, 7) is 4.45. The first-order valence-electron chi connectivity index (χ1n) is 13.9. The number of hydrogen-bond donors (Lipinski definition) is 4. The van der Waals surface area contributed by atoms with Gasteiger partial charge >= 0.3 is 0 Å². The normalized spacial score (nSPS) is 13.3. The summed E-state index contributed by atoms with van der Waals surface area (Å²) >= 11 is 7.27. The van der Waals surface area contributed by atoms with Gasteiger partial charge in [0, 0.05) is 63.9 Å². The van der Waals surface area contributed by atoms with Crippen LogP contribution < -0.4 is 21.3 Å². The predicted molar refractivity (Wildman–Crippen MR) is 170 cm³/mol. The van der Waals surface area contributed by atoms with Gasteiger partial charge in [-0.3, -0.25) is 24.1 Å². The Kier molecular flexibility index (Phi) is 9.80. The molecular weight excluding hydrogens is 606 g/mol. The van der Waals surface area contributed by atoms with Crippen LogP contribution in [0, 0.1) is 0 Å². The molecule has 12 nitrogen and oxygen atoms in total. The van der Waals surface area contributed by atoms with Crippen molar-refractivity contribution in [1.29, 1.82) is 0 Å². The molecule has 0 spiro atoms. The van der Waals surface area contributed by atoms with Crippen LogP contribution in [0.2, 0.25) is 5.02 Å². The van der Waals surface area contributed by atoms with E-state index >= 15 is 0 Å². The lowest BCUT2D eigenvalue weighted by atomic mass is 10.2. The minimum absolute atomic E-state index is 0.182. The smallest absolute Gasteiger partial charge is 0.272 e. The lowest BCUT2D eigenvalue weighted by Gasteiger charge is -2.26. The van der Waals surface area contributed by atoms with Crippen molar-refractivity contribution in [2.45, 2.75) is 0 Å². The van der Waals surface area contributed by atoms with Crippen molar-refractivity contribution in [2.75, 3.05) is 55.3 Å². The number of benzene rings is 1. The van der Waals surface area contributed by atoms with Gasteiger partial charge in [-0.05, 0) is 47.8 Å². The van der Waals surface area contributed by atoms with E-state index in [0.29, 0.717) is 63.7 Å². The monoisotopic (exact) mass is 637 g/mol. The highest BCUT2D eigenvalue weighted by Crippen LogP contribution is 2.24. The number of halogens is 1. The lowest BCUT2D eigenvalue weighted by molar-refractivity contribution is 0.0383. The number of amides is 4. The molecule has 1 aliphatic rings. The first-order valence-corrected chi connectivity index (χ1v) is 15.1. The third kappa shape index (κ3) is 7.55. The SMILES string of the molecule is Cn1cc(NC(=O)c2sccc2Cl)cc1C(=O)Nc1cc(C(=O)Nc2ccc(C(=O)NCCN3CCOCC3)cc2)n(C)c1. The predicted octanol–water partition coefficient (Wildman–Crippen LogP) is 3.90. The van der Waals surface area contributed by atoms with E-state index in [1.54, 1.807) is 83.5 Å². The van der Waals surface area contributed by atoms with Crippen LogP contribution in [0.25, 0.3) is 0 Å². The second-order valence-electron chi connectivity index (χ2n) is 10.2. The van der Waals surface area contributed by atoms with Crippen molar-refractivity contribution in [3.63, 3.8) is 0 Å². The van der Waals surface area contributed by atoms with Crippen LogP contribution in [0.15, 0.2) is 60.2 Å². The van der Waals surface area contributed by atoms with Crippen molar-refractivity contribution in [1.82, 2.24) is 19.4 Å². The molecule has 0 unspecified atom stereocenters. The van der Waals surface area contributed by atoms with Gasteiger partial charge in [0.1, 0.15) is 16.3 Å². The molecule has 0 bridgehead atoms. The van der Waals surface area contributed by atoms with E-state index in [0.717, 1.165) is 19.6 Å². The number of anilines is 3. The van der Waals surface area contributed by atoms with Gasteiger partial charge in [-0.25, -0.2) is 0 Å². The minimum atomic E-state index is -0.418. The molecule has 5 rings (SSSR count). The fraction of sp³-hybridized carbons (Fsp3) is 0.267. The Bertz CT molecular complexity index is 1670. The van der Waals surface area contributed by atoms with Crippen LogP contribution in [0.1, 0.15) is 41.0 Å². The zero-order chi connectivity index (χ0) is 31.2. The summed E-state index contributed by atoms with van der Waals surface area (Å²) in [6.07, 6.45) is 3.25. The number of rotatable bonds is 10. The topological polar surface area (TPSA) is 139 Å². The molecule has 0 saturated carbocycles. The van der Waals surface area contributed by atoms with E-state index in [1.807, 2.05) is 0 Å². The zero-order valence-electron chi connectivity index (χ0n) is 24.2. The van der Waals surface area contributed by atoms with E-state index in [9.17, 15) is 19.2 Å². The summed E-state index contributed by atoms with van der Waals surface area (Å²) in [5.41, 5.74) is 2.50. The van der Waals surface area contributed by atoms with E-state index in [1.165, 1.54) is 11.3 Å². The Morgan fingerprint density at radius 2 is 1.36 bits per heavy atom. The van der Waals surface area contributed by atoms with Crippen molar-refractivity contribution in [3.8, 4) is 0 Å². The van der Waals surface area contributed by atoms with Gasteiger partial charge in [-0.1, -0.05) is 11.6 Å². The summed E-state index contributed by atoms with van der Waals surface area (Å²) in [6, 6.07) is 11.4. The second kappa shape index (κ2) is 13.9. The van der Waals surface area contributed by atoms with E-state index in [-0.39, 0.29) is 17.7 Å². The maximum Gasteiger partial charge on any atom is 0.272 e. The molecule has 230 valence electrons. The fourth-order valence-electron chi connectivity index (χ4n) is 4.71. The molecule has 1 aromatic carbocycles. The molecule has 0 radical (unpaired) electrons. The lowest BCUT2D eigenvalue weighted by Crippen LogP contribution is -2.41. The maximum atomic E-state index is 13.0. The van der Waals surface area contributed by atoms with Crippen molar-refractivity contribution >= 4 is 63.6 Å². The molecular formula is C30H32ClN7O5S. The molecule has 4 N–H and O–H groups in total. The van der Waals surface area contributed by atoms with Gasteiger partial charge in [0.15, 0.2) is 0 Å². The van der Waals surface area contributed by atoms with Gasteiger partial charge in [0.25, 0.3) is 23.6 Å². The van der Waals surface area contributed by atoms with Gasteiger partial charge in [0.2, 0.25) is 0 Å². The fourth-order valence-corrected chi connectivity index (χ4v) is 5.75. The van der Waals surface area contributed by atoms with E-state index < -0.39 is 5.91 Å². The molecule has 44 heavy (non-hydrogen) atoms.